The van der Waals surface area contributed by atoms with E-state index in [9.17, 15) is 9.59 Å². The van der Waals surface area contributed by atoms with Crippen LogP contribution in [0.15, 0.2) is 15.5 Å². The van der Waals surface area contributed by atoms with Crippen molar-refractivity contribution in [2.45, 2.75) is 20.8 Å². The normalized spacial score (nSPS) is 9.93. The summed E-state index contributed by atoms with van der Waals surface area (Å²) in [6.07, 6.45) is 1.14. The average Bonchev–Trinajstić information content (AvgIpc) is 2.15. The Labute approximate surface area is 81.5 Å². The third-order valence-electron chi connectivity index (χ3n) is 2.05. The second-order valence-electron chi connectivity index (χ2n) is 2.91. The number of hydrogen-bond donors (Lipinski definition) is 0. The van der Waals surface area contributed by atoms with Gasteiger partial charge < -0.3 is 9.15 Å². The molecule has 0 aliphatic carbocycles. The Balaban J connectivity index is 3.18. The van der Waals surface area contributed by atoms with Gasteiger partial charge in [-0.05, 0) is 26.3 Å². The van der Waals surface area contributed by atoms with Crippen LogP contribution < -0.4 is 5.63 Å². The van der Waals surface area contributed by atoms with Gasteiger partial charge in [0.25, 0.3) is 0 Å². The quantitative estimate of drug-likeness (QED) is 0.671. The molecule has 0 bridgehead atoms. The fourth-order valence-electron chi connectivity index (χ4n) is 1.05. The maximum atomic E-state index is 11.3. The highest BCUT2D eigenvalue weighted by Crippen LogP contribution is 2.10. The molecule has 1 rings (SSSR count). The molecule has 1 aromatic rings. The van der Waals surface area contributed by atoms with Crippen LogP contribution in [0.25, 0.3) is 0 Å². The highest BCUT2D eigenvalue weighted by Gasteiger charge is 2.14. The molecule has 0 aromatic carbocycles. The van der Waals surface area contributed by atoms with Crippen molar-refractivity contribution in [1.29, 1.82) is 0 Å². The largest absolute Gasteiger partial charge is 0.462 e. The summed E-state index contributed by atoms with van der Waals surface area (Å²) < 4.78 is 9.48. The highest BCUT2D eigenvalue weighted by atomic mass is 16.5. The number of carbonyl (C=O) groups is 1. The Morgan fingerprint density at radius 3 is 2.64 bits per heavy atom. The van der Waals surface area contributed by atoms with Crippen molar-refractivity contribution in [1.82, 2.24) is 0 Å². The Hall–Kier alpha value is -1.58. The van der Waals surface area contributed by atoms with E-state index < -0.39 is 11.6 Å². The molecule has 0 saturated carbocycles. The standard InChI is InChI=1S/C10H12O4/c1-4-13-10(12)8-5-14-9(11)7(3)6(8)2/h5H,4H2,1-3H3. The Kier molecular flexibility index (Phi) is 3.06. The fourth-order valence-corrected chi connectivity index (χ4v) is 1.05. The summed E-state index contributed by atoms with van der Waals surface area (Å²) in [5.41, 5.74) is 0.940. The van der Waals surface area contributed by atoms with E-state index in [2.05, 4.69) is 4.42 Å². The minimum atomic E-state index is -0.461. The lowest BCUT2D eigenvalue weighted by Crippen LogP contribution is -2.13. The lowest BCUT2D eigenvalue weighted by molar-refractivity contribution is 0.0522. The summed E-state index contributed by atoms with van der Waals surface area (Å²) in [7, 11) is 0. The second-order valence-corrected chi connectivity index (χ2v) is 2.91. The third-order valence-corrected chi connectivity index (χ3v) is 2.05. The van der Waals surface area contributed by atoms with Gasteiger partial charge >= 0.3 is 11.6 Å². The molecular formula is C10H12O4. The topological polar surface area (TPSA) is 56.5 Å². The molecule has 1 heterocycles. The first-order valence-corrected chi connectivity index (χ1v) is 4.34. The van der Waals surface area contributed by atoms with Gasteiger partial charge in [-0.2, -0.15) is 0 Å². The second kappa shape index (κ2) is 4.09. The Morgan fingerprint density at radius 1 is 1.43 bits per heavy atom. The van der Waals surface area contributed by atoms with Crippen molar-refractivity contribution in [3.05, 3.63) is 33.4 Å². The van der Waals surface area contributed by atoms with Crippen LogP contribution in [0.2, 0.25) is 0 Å². The highest BCUT2D eigenvalue weighted by molar-refractivity contribution is 5.90. The van der Waals surface area contributed by atoms with Crippen LogP contribution in [-0.4, -0.2) is 12.6 Å². The molecule has 0 unspecified atom stereocenters. The molecule has 1 aromatic heterocycles. The van der Waals surface area contributed by atoms with E-state index >= 15 is 0 Å². The van der Waals surface area contributed by atoms with E-state index in [0.29, 0.717) is 23.3 Å². The van der Waals surface area contributed by atoms with Crippen molar-refractivity contribution in [2.75, 3.05) is 6.61 Å². The van der Waals surface area contributed by atoms with E-state index in [1.54, 1.807) is 20.8 Å². The van der Waals surface area contributed by atoms with Gasteiger partial charge in [0.1, 0.15) is 6.26 Å². The van der Waals surface area contributed by atoms with Crippen LogP contribution in [0, 0.1) is 13.8 Å². The summed E-state index contributed by atoms with van der Waals surface area (Å²) in [5, 5.41) is 0. The van der Waals surface area contributed by atoms with E-state index in [1.165, 1.54) is 0 Å². The predicted molar refractivity (Wildman–Crippen MR) is 50.4 cm³/mol. The van der Waals surface area contributed by atoms with Crippen molar-refractivity contribution in [3.63, 3.8) is 0 Å². The van der Waals surface area contributed by atoms with Crippen molar-refractivity contribution < 1.29 is 13.9 Å². The summed E-state index contributed by atoms with van der Waals surface area (Å²) in [4.78, 5) is 22.4. The summed E-state index contributed by atoms with van der Waals surface area (Å²) in [6.45, 7) is 5.33. The lowest BCUT2D eigenvalue weighted by Gasteiger charge is -2.05. The molecule has 14 heavy (non-hydrogen) atoms. The van der Waals surface area contributed by atoms with Crippen molar-refractivity contribution in [3.8, 4) is 0 Å². The molecule has 0 saturated heterocycles. The first-order valence-electron chi connectivity index (χ1n) is 4.34. The smallest absolute Gasteiger partial charge is 0.341 e. The van der Waals surface area contributed by atoms with Crippen LogP contribution in [0.4, 0.5) is 0 Å². The lowest BCUT2D eigenvalue weighted by atomic mass is 10.1. The van der Waals surface area contributed by atoms with Gasteiger partial charge in [0.2, 0.25) is 0 Å². The molecule has 0 spiro atoms. The molecule has 0 amide bonds. The molecule has 0 aliphatic heterocycles. The van der Waals surface area contributed by atoms with E-state index in [0.717, 1.165) is 6.26 Å². The van der Waals surface area contributed by atoms with E-state index in [4.69, 9.17) is 4.74 Å². The zero-order valence-corrected chi connectivity index (χ0v) is 8.42. The molecule has 4 heteroatoms. The molecule has 76 valence electrons. The number of hydrogen-bond acceptors (Lipinski definition) is 4. The van der Waals surface area contributed by atoms with Crippen LogP contribution in [0.3, 0.4) is 0 Å². The summed E-state index contributed by atoms with van der Waals surface area (Å²) in [6, 6.07) is 0. The van der Waals surface area contributed by atoms with Gasteiger partial charge in [0.05, 0.1) is 12.2 Å². The molecule has 0 radical (unpaired) electrons. The number of ether oxygens (including phenoxy) is 1. The van der Waals surface area contributed by atoms with E-state index in [1.807, 2.05) is 0 Å². The van der Waals surface area contributed by atoms with Crippen molar-refractivity contribution >= 4 is 5.97 Å². The van der Waals surface area contributed by atoms with Crippen LogP contribution in [0.1, 0.15) is 28.4 Å². The minimum absolute atomic E-state index is 0.302. The molecule has 0 atom stereocenters. The fraction of sp³-hybridized carbons (Fsp3) is 0.400. The zero-order valence-electron chi connectivity index (χ0n) is 8.42. The molecule has 0 fully saturated rings. The van der Waals surface area contributed by atoms with Crippen LogP contribution >= 0.6 is 0 Å². The first-order chi connectivity index (χ1) is 6.57. The predicted octanol–water partition coefficient (Wildman–Crippen LogP) is 1.43. The van der Waals surface area contributed by atoms with Gasteiger partial charge in [-0.25, -0.2) is 9.59 Å². The maximum Gasteiger partial charge on any atom is 0.341 e. The number of esters is 1. The van der Waals surface area contributed by atoms with Crippen LogP contribution in [-0.2, 0) is 4.74 Å². The number of carbonyl (C=O) groups excluding carboxylic acids is 1. The Morgan fingerprint density at radius 2 is 2.07 bits per heavy atom. The van der Waals surface area contributed by atoms with Crippen molar-refractivity contribution in [2.24, 2.45) is 0 Å². The Bertz CT molecular complexity index is 403. The minimum Gasteiger partial charge on any atom is -0.462 e. The SMILES string of the molecule is CCOC(=O)c1coc(=O)c(C)c1C. The van der Waals surface area contributed by atoms with Gasteiger partial charge in [0.15, 0.2) is 0 Å². The van der Waals surface area contributed by atoms with Gasteiger partial charge in [0, 0.05) is 5.56 Å². The van der Waals surface area contributed by atoms with Gasteiger partial charge in [-0.15, -0.1) is 0 Å². The molecular weight excluding hydrogens is 184 g/mol. The first kappa shape index (κ1) is 10.5. The molecule has 0 aliphatic rings. The van der Waals surface area contributed by atoms with Gasteiger partial charge in [-0.1, -0.05) is 0 Å². The zero-order chi connectivity index (χ0) is 10.7. The van der Waals surface area contributed by atoms with E-state index in [-0.39, 0.29) is 0 Å². The average molecular weight is 196 g/mol. The molecule has 0 N–H and O–H groups in total. The summed E-state index contributed by atoms with van der Waals surface area (Å²) in [5.74, 6) is -0.461. The summed E-state index contributed by atoms with van der Waals surface area (Å²) >= 11 is 0. The van der Waals surface area contributed by atoms with Crippen LogP contribution in [0.5, 0.6) is 0 Å². The third kappa shape index (κ3) is 1.84. The maximum absolute atomic E-state index is 11.3. The van der Waals surface area contributed by atoms with Gasteiger partial charge in [-0.3, -0.25) is 0 Å². The monoisotopic (exact) mass is 196 g/mol. The molecule has 4 nitrogen and oxygen atoms in total. The number of rotatable bonds is 2.